The Balaban J connectivity index is 1.45. The van der Waals surface area contributed by atoms with Crippen LogP contribution in [-0.2, 0) is 12.3 Å². The van der Waals surface area contributed by atoms with Crippen LogP contribution in [0.15, 0.2) is 82.3 Å². The zero-order valence-electron chi connectivity index (χ0n) is 17.4. The number of amides is 1. The molecule has 1 aliphatic rings. The van der Waals surface area contributed by atoms with Crippen LogP contribution in [0.2, 0.25) is 0 Å². The molecule has 0 aliphatic carbocycles. The third kappa shape index (κ3) is 5.35. The largest absolute Gasteiger partial charge is 0.467 e. The monoisotopic (exact) mass is 420 g/mol. The van der Waals surface area contributed by atoms with Crippen molar-refractivity contribution in [3.05, 3.63) is 89.9 Å². The van der Waals surface area contributed by atoms with Crippen LogP contribution in [0.4, 0.5) is 0 Å². The van der Waals surface area contributed by atoms with Gasteiger partial charge in [0.25, 0.3) is 5.91 Å². The van der Waals surface area contributed by atoms with Gasteiger partial charge in [-0.15, -0.1) is 11.8 Å². The van der Waals surface area contributed by atoms with Crippen LogP contribution in [0.1, 0.15) is 34.5 Å². The summed E-state index contributed by atoms with van der Waals surface area (Å²) in [5, 5.41) is 0. The normalized spacial score (nSPS) is 15.2. The quantitative estimate of drug-likeness (QED) is 0.486. The highest BCUT2D eigenvalue weighted by molar-refractivity contribution is 7.98. The van der Waals surface area contributed by atoms with Gasteiger partial charge in [0.2, 0.25) is 0 Å². The van der Waals surface area contributed by atoms with Crippen molar-refractivity contribution in [1.82, 2.24) is 9.80 Å². The topological polar surface area (TPSA) is 36.7 Å². The molecule has 3 aromatic rings. The maximum Gasteiger partial charge on any atom is 0.254 e. The van der Waals surface area contributed by atoms with E-state index in [0.29, 0.717) is 6.54 Å². The minimum Gasteiger partial charge on any atom is -0.467 e. The maximum absolute atomic E-state index is 13.4. The van der Waals surface area contributed by atoms with E-state index in [9.17, 15) is 4.79 Å². The molecule has 4 nitrogen and oxygen atoms in total. The van der Waals surface area contributed by atoms with Crippen LogP contribution < -0.4 is 0 Å². The first kappa shape index (κ1) is 20.8. The summed E-state index contributed by atoms with van der Waals surface area (Å²) in [7, 11) is 2.14. The summed E-state index contributed by atoms with van der Waals surface area (Å²) >= 11 is 1.81. The van der Waals surface area contributed by atoms with E-state index in [0.717, 1.165) is 43.0 Å². The number of nitrogens with zero attached hydrogens (tertiary/aromatic N) is 2. The summed E-state index contributed by atoms with van der Waals surface area (Å²) in [6.07, 6.45) is 3.66. The van der Waals surface area contributed by atoms with E-state index < -0.39 is 0 Å². The van der Waals surface area contributed by atoms with Gasteiger partial charge in [0.15, 0.2) is 0 Å². The highest BCUT2D eigenvalue weighted by atomic mass is 32.2. The Labute approximate surface area is 182 Å². The van der Waals surface area contributed by atoms with Gasteiger partial charge in [-0.05, 0) is 74.9 Å². The maximum atomic E-state index is 13.4. The molecule has 4 rings (SSSR count). The standard InChI is InChI=1S/C25H28N2O2S/c1-26-15-13-22(14-16-26)27(18-23-6-5-17-29-23)25(28)21-11-9-20(10-12-21)19-30-24-7-3-2-4-8-24/h2-12,17,22H,13-16,18-19H2,1H3. The van der Waals surface area contributed by atoms with Gasteiger partial charge in [-0.1, -0.05) is 30.3 Å². The average Bonchev–Trinajstić information content (AvgIpc) is 3.31. The minimum atomic E-state index is 0.0863. The second-order valence-corrected chi connectivity index (χ2v) is 8.89. The Morgan fingerprint density at radius 1 is 1.03 bits per heavy atom. The van der Waals surface area contributed by atoms with Crippen molar-refractivity contribution in [2.45, 2.75) is 36.1 Å². The summed E-state index contributed by atoms with van der Waals surface area (Å²) < 4.78 is 5.55. The molecule has 0 bridgehead atoms. The Hall–Kier alpha value is -2.50. The zero-order chi connectivity index (χ0) is 20.8. The Morgan fingerprint density at radius 3 is 2.43 bits per heavy atom. The van der Waals surface area contributed by atoms with Crippen LogP contribution in [0, 0.1) is 0 Å². The molecular formula is C25H28N2O2S. The van der Waals surface area contributed by atoms with Gasteiger partial charge < -0.3 is 14.2 Å². The predicted molar refractivity (Wildman–Crippen MR) is 122 cm³/mol. The van der Waals surface area contributed by atoms with Gasteiger partial charge in [0.05, 0.1) is 12.8 Å². The lowest BCUT2D eigenvalue weighted by molar-refractivity contribution is 0.0550. The van der Waals surface area contributed by atoms with Gasteiger partial charge >= 0.3 is 0 Å². The molecule has 0 N–H and O–H groups in total. The fourth-order valence-electron chi connectivity index (χ4n) is 3.84. The fraction of sp³-hybridized carbons (Fsp3) is 0.320. The van der Waals surface area contributed by atoms with Crippen molar-refractivity contribution < 1.29 is 9.21 Å². The van der Waals surface area contributed by atoms with Crippen molar-refractivity contribution in [1.29, 1.82) is 0 Å². The first-order chi connectivity index (χ1) is 14.7. The summed E-state index contributed by atoms with van der Waals surface area (Å²) in [5.74, 6) is 1.81. The number of thioether (sulfide) groups is 1. The lowest BCUT2D eigenvalue weighted by Crippen LogP contribution is -2.46. The van der Waals surface area contributed by atoms with Gasteiger partial charge in [-0.2, -0.15) is 0 Å². The van der Waals surface area contributed by atoms with Gasteiger partial charge in [-0.25, -0.2) is 0 Å². The molecule has 1 amide bonds. The van der Waals surface area contributed by atoms with Crippen LogP contribution in [-0.4, -0.2) is 41.9 Å². The van der Waals surface area contributed by atoms with Crippen LogP contribution in [0.3, 0.4) is 0 Å². The zero-order valence-corrected chi connectivity index (χ0v) is 18.2. The van der Waals surface area contributed by atoms with Crippen LogP contribution in [0.25, 0.3) is 0 Å². The number of piperidine rings is 1. The Bertz CT molecular complexity index is 918. The molecule has 0 unspecified atom stereocenters. The molecule has 1 saturated heterocycles. The highest BCUT2D eigenvalue weighted by Gasteiger charge is 2.28. The smallest absolute Gasteiger partial charge is 0.254 e. The van der Waals surface area contributed by atoms with E-state index in [4.69, 9.17) is 4.42 Å². The molecule has 0 radical (unpaired) electrons. The van der Waals surface area contributed by atoms with Crippen molar-refractivity contribution in [3.8, 4) is 0 Å². The third-order valence-electron chi connectivity index (χ3n) is 5.65. The number of carbonyl (C=O) groups is 1. The molecule has 2 heterocycles. The summed E-state index contributed by atoms with van der Waals surface area (Å²) in [5.41, 5.74) is 1.96. The molecule has 0 spiro atoms. The second kappa shape index (κ2) is 10.0. The van der Waals surface area contributed by atoms with E-state index in [1.807, 2.05) is 47.0 Å². The number of benzene rings is 2. The molecule has 156 valence electrons. The second-order valence-electron chi connectivity index (χ2n) is 7.85. The first-order valence-corrected chi connectivity index (χ1v) is 11.5. The molecule has 0 atom stereocenters. The number of likely N-dealkylation sites (tertiary alicyclic amines) is 1. The van der Waals surface area contributed by atoms with Crippen LogP contribution in [0.5, 0.6) is 0 Å². The number of hydrogen-bond donors (Lipinski definition) is 0. The molecule has 1 fully saturated rings. The first-order valence-electron chi connectivity index (χ1n) is 10.5. The van der Waals surface area contributed by atoms with Crippen molar-refractivity contribution in [3.63, 3.8) is 0 Å². The predicted octanol–water partition coefficient (Wildman–Crippen LogP) is 5.31. The van der Waals surface area contributed by atoms with E-state index >= 15 is 0 Å². The van der Waals surface area contributed by atoms with Gasteiger partial charge in [0.1, 0.15) is 5.76 Å². The lowest BCUT2D eigenvalue weighted by Gasteiger charge is -2.37. The number of hydrogen-bond acceptors (Lipinski definition) is 4. The molecule has 1 aromatic heterocycles. The number of rotatable bonds is 7. The summed E-state index contributed by atoms with van der Waals surface area (Å²) in [4.78, 5) is 19.0. The molecule has 30 heavy (non-hydrogen) atoms. The molecular weight excluding hydrogens is 392 g/mol. The van der Waals surface area contributed by atoms with E-state index in [1.54, 1.807) is 6.26 Å². The van der Waals surface area contributed by atoms with Gasteiger partial charge in [0, 0.05) is 22.3 Å². The fourth-order valence-corrected chi connectivity index (χ4v) is 4.71. The minimum absolute atomic E-state index is 0.0863. The molecule has 1 aliphatic heterocycles. The van der Waals surface area contributed by atoms with E-state index in [2.05, 4.69) is 48.3 Å². The molecule has 0 saturated carbocycles. The van der Waals surface area contributed by atoms with Crippen molar-refractivity contribution in [2.75, 3.05) is 20.1 Å². The Kier molecular flexibility index (Phi) is 6.92. The number of carbonyl (C=O) groups excluding carboxylic acids is 1. The van der Waals surface area contributed by atoms with E-state index in [-0.39, 0.29) is 11.9 Å². The Morgan fingerprint density at radius 2 is 1.77 bits per heavy atom. The van der Waals surface area contributed by atoms with Crippen molar-refractivity contribution >= 4 is 17.7 Å². The third-order valence-corrected chi connectivity index (χ3v) is 6.73. The van der Waals surface area contributed by atoms with Crippen molar-refractivity contribution in [2.24, 2.45) is 0 Å². The van der Waals surface area contributed by atoms with Gasteiger partial charge in [-0.3, -0.25) is 4.79 Å². The molecule has 2 aromatic carbocycles. The molecule has 5 heteroatoms. The SMILES string of the molecule is CN1CCC(N(Cc2ccco2)C(=O)c2ccc(CSc3ccccc3)cc2)CC1. The lowest BCUT2D eigenvalue weighted by atomic mass is 10.0. The summed E-state index contributed by atoms with van der Waals surface area (Å²) in [6.45, 7) is 2.55. The summed E-state index contributed by atoms with van der Waals surface area (Å²) in [6, 6.07) is 22.5. The van der Waals surface area contributed by atoms with Crippen LogP contribution >= 0.6 is 11.8 Å². The number of furan rings is 1. The highest BCUT2D eigenvalue weighted by Crippen LogP contribution is 2.24. The van der Waals surface area contributed by atoms with E-state index in [1.165, 1.54) is 10.5 Å². The average molecular weight is 421 g/mol.